The van der Waals surface area contributed by atoms with Crippen molar-refractivity contribution >= 4 is 34.6 Å². The molecule has 1 aliphatic rings. The van der Waals surface area contributed by atoms with Crippen LogP contribution in [0.4, 0.5) is 5.69 Å². The van der Waals surface area contributed by atoms with Gasteiger partial charge in [-0.3, -0.25) is 4.98 Å². The third-order valence-electron chi connectivity index (χ3n) is 5.76. The summed E-state index contributed by atoms with van der Waals surface area (Å²) in [7, 11) is 0. The van der Waals surface area contributed by atoms with Crippen LogP contribution in [0.2, 0.25) is 5.02 Å². The first-order chi connectivity index (χ1) is 15.5. The quantitative estimate of drug-likeness (QED) is 0.340. The van der Waals surface area contributed by atoms with Crippen LogP contribution >= 0.6 is 23.8 Å². The summed E-state index contributed by atoms with van der Waals surface area (Å²) in [6, 6.07) is 23.7. The summed E-state index contributed by atoms with van der Waals surface area (Å²) in [6.07, 6.45) is 1.80. The fourth-order valence-electron chi connectivity index (χ4n) is 4.22. The molecule has 4 nitrogen and oxygen atoms in total. The van der Waals surface area contributed by atoms with Crippen LogP contribution in [0.15, 0.2) is 83.4 Å². The molecule has 3 heterocycles. The molecule has 1 N–H and O–H groups in total. The van der Waals surface area contributed by atoms with Crippen LogP contribution in [-0.4, -0.2) is 10.1 Å². The molecule has 0 amide bonds. The molecule has 1 aliphatic heterocycles. The summed E-state index contributed by atoms with van der Waals surface area (Å²) in [5.41, 5.74) is 5.18. The van der Waals surface area contributed by atoms with Crippen molar-refractivity contribution in [3.05, 3.63) is 107 Å². The Morgan fingerprint density at radius 2 is 1.88 bits per heavy atom. The Morgan fingerprint density at radius 3 is 2.66 bits per heavy atom. The van der Waals surface area contributed by atoms with Crippen LogP contribution in [0.3, 0.4) is 0 Å². The van der Waals surface area contributed by atoms with Gasteiger partial charge < -0.3 is 14.6 Å². The third-order valence-corrected chi connectivity index (χ3v) is 6.31. The zero-order chi connectivity index (χ0) is 22.2. The predicted octanol–water partition coefficient (Wildman–Crippen LogP) is 6.79. The molecule has 2 atom stereocenters. The van der Waals surface area contributed by atoms with Crippen LogP contribution in [0.5, 0.6) is 0 Å². The second-order valence-electron chi connectivity index (χ2n) is 8.00. The Labute approximate surface area is 197 Å². The van der Waals surface area contributed by atoms with E-state index in [1.165, 1.54) is 5.56 Å². The van der Waals surface area contributed by atoms with E-state index < -0.39 is 0 Å². The van der Waals surface area contributed by atoms with Gasteiger partial charge in [0.2, 0.25) is 0 Å². The van der Waals surface area contributed by atoms with E-state index in [0.717, 1.165) is 34.0 Å². The van der Waals surface area contributed by atoms with Gasteiger partial charge in [-0.05, 0) is 85.7 Å². The molecule has 1 saturated heterocycles. The van der Waals surface area contributed by atoms with Crippen molar-refractivity contribution in [2.24, 2.45) is 0 Å². The molecule has 0 saturated carbocycles. The molecule has 2 aromatic heterocycles. The van der Waals surface area contributed by atoms with Gasteiger partial charge in [0, 0.05) is 22.5 Å². The lowest BCUT2D eigenvalue weighted by atomic mass is 10.0. The van der Waals surface area contributed by atoms with Crippen LogP contribution in [-0.2, 0) is 0 Å². The van der Waals surface area contributed by atoms with Crippen LogP contribution < -0.4 is 10.2 Å². The molecular formula is C26H22ClN3OS. The molecule has 2 aromatic carbocycles. The molecule has 4 aromatic rings. The molecule has 1 fully saturated rings. The molecule has 0 unspecified atom stereocenters. The smallest absolute Gasteiger partial charge is 0.174 e. The van der Waals surface area contributed by atoms with Gasteiger partial charge in [-0.1, -0.05) is 35.9 Å². The number of anilines is 1. The highest BCUT2D eigenvalue weighted by Crippen LogP contribution is 2.43. The van der Waals surface area contributed by atoms with Gasteiger partial charge in [-0.25, -0.2) is 0 Å². The van der Waals surface area contributed by atoms with E-state index in [1.54, 1.807) is 6.20 Å². The number of thiocarbonyl (C=S) groups is 1. The van der Waals surface area contributed by atoms with E-state index in [9.17, 15) is 0 Å². The summed E-state index contributed by atoms with van der Waals surface area (Å²) < 4.78 is 6.44. The van der Waals surface area contributed by atoms with Crippen LogP contribution in [0.1, 0.15) is 34.7 Å². The minimum absolute atomic E-state index is 0.149. The van der Waals surface area contributed by atoms with Gasteiger partial charge in [0.25, 0.3) is 0 Å². The highest BCUT2D eigenvalue weighted by Gasteiger charge is 2.42. The average molecular weight is 460 g/mol. The van der Waals surface area contributed by atoms with E-state index in [4.69, 9.17) is 28.2 Å². The average Bonchev–Trinajstić information content (AvgIpc) is 3.40. The topological polar surface area (TPSA) is 41.3 Å². The Balaban J connectivity index is 1.62. The number of hydrogen-bond acceptors (Lipinski definition) is 3. The van der Waals surface area contributed by atoms with Crippen molar-refractivity contribution in [2.45, 2.75) is 25.9 Å². The molecule has 32 heavy (non-hydrogen) atoms. The summed E-state index contributed by atoms with van der Waals surface area (Å²) in [6.45, 7) is 4.13. The lowest BCUT2D eigenvalue weighted by molar-refractivity contribution is 0.439. The number of benzene rings is 2. The SMILES string of the molecule is Cc1cccc(N2C(=S)N[C@@H](c3ccccn3)[C@@H]2c2ccc(-c3cc(Cl)ccc3C)o2)c1. The van der Waals surface area contributed by atoms with Gasteiger partial charge in [-0.15, -0.1) is 0 Å². The lowest BCUT2D eigenvalue weighted by Gasteiger charge is -2.26. The van der Waals surface area contributed by atoms with E-state index >= 15 is 0 Å². The van der Waals surface area contributed by atoms with Gasteiger partial charge >= 0.3 is 0 Å². The minimum atomic E-state index is -0.188. The van der Waals surface area contributed by atoms with E-state index in [-0.39, 0.29) is 12.1 Å². The zero-order valence-corrected chi connectivity index (χ0v) is 19.3. The van der Waals surface area contributed by atoms with Crippen LogP contribution in [0, 0.1) is 13.8 Å². The highest BCUT2D eigenvalue weighted by molar-refractivity contribution is 7.80. The van der Waals surface area contributed by atoms with Gasteiger partial charge in [0.05, 0.1) is 11.7 Å². The molecular weight excluding hydrogens is 438 g/mol. The number of pyridine rings is 1. The number of nitrogens with zero attached hydrogens (tertiary/aromatic N) is 2. The van der Waals surface area contributed by atoms with Crippen molar-refractivity contribution in [1.29, 1.82) is 0 Å². The number of halogens is 1. The van der Waals surface area contributed by atoms with Crippen LogP contribution in [0.25, 0.3) is 11.3 Å². The summed E-state index contributed by atoms with van der Waals surface area (Å²) in [5.74, 6) is 1.59. The standard InChI is InChI=1S/C26H22ClN3OS/c1-16-6-5-7-19(14-16)30-25(24(29-26(30)32)21-8-3-4-13-28-21)23-12-11-22(31-23)20-15-18(27)10-9-17(20)2/h3-15,24-25H,1-2H3,(H,29,32)/t24-,25-/m0/s1. The van der Waals surface area contributed by atoms with Crippen molar-refractivity contribution in [3.8, 4) is 11.3 Å². The Bertz CT molecular complexity index is 1290. The first-order valence-electron chi connectivity index (χ1n) is 10.4. The van der Waals surface area contributed by atoms with Crippen molar-refractivity contribution < 1.29 is 4.42 Å². The molecule has 0 aliphatic carbocycles. The number of hydrogen-bond donors (Lipinski definition) is 1. The summed E-state index contributed by atoms with van der Waals surface area (Å²) in [5, 5.41) is 4.80. The first-order valence-corrected chi connectivity index (χ1v) is 11.2. The number of rotatable bonds is 4. The maximum Gasteiger partial charge on any atom is 0.174 e. The van der Waals surface area contributed by atoms with E-state index in [2.05, 4.69) is 47.2 Å². The maximum atomic E-state index is 6.44. The van der Waals surface area contributed by atoms with Gasteiger partial charge in [-0.2, -0.15) is 0 Å². The zero-order valence-electron chi connectivity index (χ0n) is 17.7. The number of furan rings is 1. The highest BCUT2D eigenvalue weighted by atomic mass is 35.5. The first kappa shape index (κ1) is 20.7. The van der Waals surface area contributed by atoms with Gasteiger partial charge in [0.1, 0.15) is 17.6 Å². The molecule has 160 valence electrons. The second-order valence-corrected chi connectivity index (χ2v) is 8.82. The Morgan fingerprint density at radius 1 is 1.00 bits per heavy atom. The number of aromatic nitrogens is 1. The predicted molar refractivity (Wildman–Crippen MR) is 133 cm³/mol. The number of aryl methyl sites for hydroxylation is 2. The van der Waals surface area contributed by atoms with Crippen molar-refractivity contribution in [1.82, 2.24) is 10.3 Å². The monoisotopic (exact) mass is 459 g/mol. The fourth-order valence-corrected chi connectivity index (χ4v) is 4.73. The largest absolute Gasteiger partial charge is 0.459 e. The van der Waals surface area contributed by atoms with Crippen molar-refractivity contribution in [2.75, 3.05) is 4.90 Å². The lowest BCUT2D eigenvalue weighted by Crippen LogP contribution is -2.29. The maximum absolute atomic E-state index is 6.44. The molecule has 0 radical (unpaired) electrons. The third kappa shape index (κ3) is 3.78. The number of nitrogens with one attached hydrogen (secondary N) is 1. The normalized spacial score (nSPS) is 18.1. The fraction of sp³-hybridized carbons (Fsp3) is 0.154. The minimum Gasteiger partial charge on any atom is -0.459 e. The van der Waals surface area contributed by atoms with E-state index in [0.29, 0.717) is 10.1 Å². The molecule has 6 heteroatoms. The molecule has 0 spiro atoms. The summed E-state index contributed by atoms with van der Waals surface area (Å²) in [4.78, 5) is 6.72. The molecule has 5 rings (SSSR count). The second kappa shape index (κ2) is 8.41. The van der Waals surface area contributed by atoms with Gasteiger partial charge in [0.15, 0.2) is 5.11 Å². The Hall–Kier alpha value is -3.15. The van der Waals surface area contributed by atoms with Crippen molar-refractivity contribution in [3.63, 3.8) is 0 Å². The summed E-state index contributed by atoms with van der Waals surface area (Å²) >= 11 is 12.0. The Kier molecular flexibility index (Phi) is 5.45. The van der Waals surface area contributed by atoms with E-state index in [1.807, 2.05) is 54.6 Å². The molecule has 0 bridgehead atoms.